The van der Waals surface area contributed by atoms with E-state index in [1.54, 1.807) is 0 Å². The second-order valence-corrected chi connectivity index (χ2v) is 12.0. The van der Waals surface area contributed by atoms with E-state index in [2.05, 4.69) is 34.6 Å². The van der Waals surface area contributed by atoms with Gasteiger partial charge in [-0.2, -0.15) is 0 Å². The van der Waals surface area contributed by atoms with Crippen LogP contribution in [0.3, 0.4) is 0 Å². The molecule has 170 valence electrons. The zero-order valence-corrected chi connectivity index (χ0v) is 20.1. The lowest BCUT2D eigenvalue weighted by Crippen LogP contribution is -2.37. The Hall–Kier alpha value is -0.120. The molecule has 3 aliphatic heterocycles. The Morgan fingerprint density at radius 1 is 0.552 bits per heavy atom. The largest absolute Gasteiger partial charge is 0.381 e. The van der Waals surface area contributed by atoms with Crippen LogP contribution in [0.15, 0.2) is 0 Å². The monoisotopic (exact) mass is 408 g/mol. The molecule has 0 N–H and O–H groups in total. The molecule has 3 aliphatic rings. The third-order valence-electron chi connectivity index (χ3n) is 9.19. The van der Waals surface area contributed by atoms with Crippen LogP contribution in [0.5, 0.6) is 0 Å². The van der Waals surface area contributed by atoms with Gasteiger partial charge in [-0.25, -0.2) is 0 Å². The second-order valence-electron chi connectivity index (χ2n) is 12.0. The summed E-state index contributed by atoms with van der Waals surface area (Å²) in [6, 6.07) is 0. The zero-order chi connectivity index (χ0) is 21.0. The molecule has 0 amide bonds. The minimum Gasteiger partial charge on any atom is -0.381 e. The van der Waals surface area contributed by atoms with E-state index >= 15 is 0 Å². The van der Waals surface area contributed by atoms with E-state index in [1.165, 1.54) is 57.8 Å². The van der Waals surface area contributed by atoms with Gasteiger partial charge >= 0.3 is 0 Å². The van der Waals surface area contributed by atoms with Crippen molar-refractivity contribution in [2.24, 2.45) is 34.0 Å². The van der Waals surface area contributed by atoms with Gasteiger partial charge in [0.05, 0.1) is 0 Å². The summed E-state index contributed by atoms with van der Waals surface area (Å²) in [6.45, 7) is 18.4. The molecule has 0 aromatic rings. The van der Waals surface area contributed by atoms with Crippen molar-refractivity contribution in [1.82, 2.24) is 0 Å². The predicted molar refractivity (Wildman–Crippen MR) is 120 cm³/mol. The Balaban J connectivity index is 1.64. The summed E-state index contributed by atoms with van der Waals surface area (Å²) in [5.41, 5.74) is 1.19. The molecule has 3 heteroatoms. The molecular formula is C26H48O3. The topological polar surface area (TPSA) is 27.7 Å². The van der Waals surface area contributed by atoms with Gasteiger partial charge in [-0.05, 0) is 91.8 Å². The molecule has 0 aromatic carbocycles. The molecule has 3 atom stereocenters. The summed E-state index contributed by atoms with van der Waals surface area (Å²) in [4.78, 5) is 0. The first-order valence-corrected chi connectivity index (χ1v) is 12.5. The van der Waals surface area contributed by atoms with Gasteiger partial charge in [-0.15, -0.1) is 0 Å². The lowest BCUT2D eigenvalue weighted by Gasteiger charge is -2.45. The van der Waals surface area contributed by atoms with Crippen molar-refractivity contribution in [2.75, 3.05) is 39.6 Å². The van der Waals surface area contributed by atoms with Crippen molar-refractivity contribution in [3.05, 3.63) is 0 Å². The lowest BCUT2D eigenvalue weighted by molar-refractivity contribution is -0.0235. The summed E-state index contributed by atoms with van der Waals surface area (Å²) in [5, 5.41) is 0. The van der Waals surface area contributed by atoms with Gasteiger partial charge < -0.3 is 14.2 Å². The van der Waals surface area contributed by atoms with Crippen LogP contribution in [0.1, 0.15) is 92.4 Å². The van der Waals surface area contributed by atoms with Gasteiger partial charge in [-0.1, -0.05) is 34.6 Å². The van der Waals surface area contributed by atoms with Crippen LogP contribution in [0.25, 0.3) is 0 Å². The van der Waals surface area contributed by atoms with Crippen LogP contribution in [0, 0.1) is 34.0 Å². The second kappa shape index (κ2) is 10.0. The average Bonchev–Trinajstić information content (AvgIpc) is 3.28. The maximum atomic E-state index is 5.84. The van der Waals surface area contributed by atoms with Crippen LogP contribution in [-0.4, -0.2) is 39.6 Å². The van der Waals surface area contributed by atoms with E-state index in [9.17, 15) is 0 Å². The van der Waals surface area contributed by atoms with Crippen molar-refractivity contribution in [3.63, 3.8) is 0 Å². The highest BCUT2D eigenvalue weighted by atomic mass is 16.5. The standard InChI is InChI=1S/C26H48O3/c1-24(2,22-7-6-15-28-19-22)11-13-26(5,21-8-16-27-17-9-21)14-12-25(3,4)23-10-18-29-20-23/h21-23H,6-20H2,1-5H3. The fraction of sp³-hybridized carbons (Fsp3) is 1.00. The van der Waals surface area contributed by atoms with Gasteiger partial charge in [-0.3, -0.25) is 0 Å². The van der Waals surface area contributed by atoms with E-state index < -0.39 is 0 Å². The highest BCUT2D eigenvalue weighted by Crippen LogP contribution is 2.49. The minimum atomic E-state index is 0.377. The first kappa shape index (κ1) is 23.5. The van der Waals surface area contributed by atoms with Crippen LogP contribution >= 0.6 is 0 Å². The Kier molecular flexibility index (Phi) is 8.12. The summed E-state index contributed by atoms with van der Waals surface area (Å²) in [7, 11) is 0. The number of hydrogen-bond acceptors (Lipinski definition) is 3. The molecule has 0 saturated carbocycles. The highest BCUT2D eigenvalue weighted by Gasteiger charge is 2.41. The zero-order valence-electron chi connectivity index (χ0n) is 20.1. The maximum Gasteiger partial charge on any atom is 0.0500 e. The summed E-state index contributed by atoms with van der Waals surface area (Å²) in [5.74, 6) is 2.27. The fourth-order valence-corrected chi connectivity index (χ4v) is 6.06. The van der Waals surface area contributed by atoms with E-state index in [-0.39, 0.29) is 0 Å². The Bertz CT molecular complexity index is 482. The van der Waals surface area contributed by atoms with Gasteiger partial charge in [0.2, 0.25) is 0 Å². The van der Waals surface area contributed by atoms with Gasteiger partial charge in [0.15, 0.2) is 0 Å². The van der Waals surface area contributed by atoms with Crippen molar-refractivity contribution in [2.45, 2.75) is 92.4 Å². The van der Waals surface area contributed by atoms with Crippen LogP contribution in [-0.2, 0) is 14.2 Å². The van der Waals surface area contributed by atoms with E-state index in [4.69, 9.17) is 14.2 Å². The van der Waals surface area contributed by atoms with Gasteiger partial charge in [0.1, 0.15) is 0 Å². The van der Waals surface area contributed by atoms with Crippen molar-refractivity contribution in [3.8, 4) is 0 Å². The van der Waals surface area contributed by atoms with Crippen molar-refractivity contribution >= 4 is 0 Å². The third kappa shape index (κ3) is 6.20. The van der Waals surface area contributed by atoms with Gasteiger partial charge in [0, 0.05) is 39.6 Å². The van der Waals surface area contributed by atoms with E-state index in [0.29, 0.717) is 16.2 Å². The molecule has 3 saturated heterocycles. The molecule has 3 nitrogen and oxygen atoms in total. The van der Waals surface area contributed by atoms with Crippen molar-refractivity contribution in [1.29, 1.82) is 0 Å². The molecule has 0 radical (unpaired) electrons. The smallest absolute Gasteiger partial charge is 0.0500 e. The molecular weight excluding hydrogens is 360 g/mol. The minimum absolute atomic E-state index is 0.377. The van der Waals surface area contributed by atoms with Gasteiger partial charge in [0.25, 0.3) is 0 Å². The summed E-state index contributed by atoms with van der Waals surface area (Å²) in [6.07, 6.45) is 11.7. The third-order valence-corrected chi connectivity index (χ3v) is 9.19. The normalized spacial score (nSPS) is 29.7. The fourth-order valence-electron chi connectivity index (χ4n) is 6.06. The summed E-state index contributed by atoms with van der Waals surface area (Å²) >= 11 is 0. The number of ether oxygens (including phenoxy) is 3. The molecule has 0 aromatic heterocycles. The molecule has 0 bridgehead atoms. The Labute approximate surface area is 180 Å². The van der Waals surface area contributed by atoms with Crippen LogP contribution in [0.2, 0.25) is 0 Å². The highest BCUT2D eigenvalue weighted by molar-refractivity contribution is 4.91. The quantitative estimate of drug-likeness (QED) is 0.436. The van der Waals surface area contributed by atoms with Crippen molar-refractivity contribution < 1.29 is 14.2 Å². The number of rotatable bonds is 9. The van der Waals surface area contributed by atoms with Crippen LogP contribution < -0.4 is 0 Å². The molecule has 3 heterocycles. The van der Waals surface area contributed by atoms with E-state index in [0.717, 1.165) is 57.4 Å². The average molecular weight is 409 g/mol. The van der Waals surface area contributed by atoms with E-state index in [1.807, 2.05) is 0 Å². The number of hydrogen-bond donors (Lipinski definition) is 0. The molecule has 3 unspecified atom stereocenters. The lowest BCUT2D eigenvalue weighted by atomic mass is 9.61. The van der Waals surface area contributed by atoms with Crippen LogP contribution in [0.4, 0.5) is 0 Å². The molecule has 3 rings (SSSR count). The molecule has 0 aliphatic carbocycles. The SMILES string of the molecule is CC(C)(CCC(C)(CCC(C)(C)C1CCOC1)C1CCOCC1)C1CCCOC1. The Morgan fingerprint density at radius 2 is 1.03 bits per heavy atom. The molecule has 3 fully saturated rings. The summed E-state index contributed by atoms with van der Waals surface area (Å²) < 4.78 is 17.3. The predicted octanol–water partition coefficient (Wildman–Crippen LogP) is 6.50. The Morgan fingerprint density at radius 3 is 1.55 bits per heavy atom. The maximum absolute atomic E-state index is 5.84. The molecule has 0 spiro atoms. The first-order chi connectivity index (χ1) is 13.7. The first-order valence-electron chi connectivity index (χ1n) is 12.5. The molecule has 29 heavy (non-hydrogen) atoms.